The number of carbonyl (C=O) groups is 1. The van der Waals surface area contributed by atoms with E-state index >= 15 is 0 Å². The van der Waals surface area contributed by atoms with E-state index in [-0.39, 0.29) is 12.1 Å². The molecule has 1 fully saturated rings. The third-order valence-corrected chi connectivity index (χ3v) is 3.56. The Hall–Kier alpha value is -2.95. The van der Waals surface area contributed by atoms with Crippen LogP contribution in [-0.4, -0.2) is 37.6 Å². The largest absolute Gasteiger partial charge is 0.322 e. The normalized spacial score (nSPS) is 17.3. The van der Waals surface area contributed by atoms with Crippen molar-refractivity contribution in [1.82, 2.24) is 25.1 Å². The van der Waals surface area contributed by atoms with Gasteiger partial charge in [-0.2, -0.15) is 10.4 Å². The number of amides is 2. The van der Waals surface area contributed by atoms with Crippen molar-refractivity contribution < 1.29 is 4.79 Å². The fourth-order valence-electron chi connectivity index (χ4n) is 2.52. The molecule has 3 rings (SSSR count). The summed E-state index contributed by atoms with van der Waals surface area (Å²) < 4.78 is 0. The van der Waals surface area contributed by atoms with Gasteiger partial charge in [0.05, 0.1) is 17.9 Å². The minimum atomic E-state index is -0.212. The number of aromatic nitrogens is 4. The van der Waals surface area contributed by atoms with E-state index < -0.39 is 0 Å². The average molecular weight is 297 g/mol. The van der Waals surface area contributed by atoms with Gasteiger partial charge in [-0.25, -0.2) is 14.8 Å². The first-order valence-corrected chi connectivity index (χ1v) is 7.00. The van der Waals surface area contributed by atoms with Crippen LogP contribution in [-0.2, 0) is 0 Å². The van der Waals surface area contributed by atoms with E-state index in [1.54, 1.807) is 17.0 Å². The van der Waals surface area contributed by atoms with Gasteiger partial charge < -0.3 is 10.2 Å². The molecule has 8 heteroatoms. The number of nitrogens with zero attached hydrogens (tertiary/aromatic N) is 5. The van der Waals surface area contributed by atoms with Crippen LogP contribution in [0.3, 0.4) is 0 Å². The van der Waals surface area contributed by atoms with Gasteiger partial charge in [-0.05, 0) is 31.9 Å². The zero-order chi connectivity index (χ0) is 15.5. The van der Waals surface area contributed by atoms with Crippen molar-refractivity contribution in [1.29, 1.82) is 5.26 Å². The van der Waals surface area contributed by atoms with Crippen molar-refractivity contribution >= 4 is 11.7 Å². The molecule has 0 saturated carbocycles. The van der Waals surface area contributed by atoms with Crippen LogP contribution < -0.4 is 5.32 Å². The van der Waals surface area contributed by atoms with Gasteiger partial charge in [-0.15, -0.1) is 0 Å². The highest BCUT2D eigenvalue weighted by molar-refractivity contribution is 5.89. The first-order chi connectivity index (χ1) is 10.7. The molecule has 0 aromatic carbocycles. The predicted molar refractivity (Wildman–Crippen MR) is 77.8 cm³/mol. The van der Waals surface area contributed by atoms with Gasteiger partial charge in [0.1, 0.15) is 17.6 Å². The monoisotopic (exact) mass is 297 g/mol. The lowest BCUT2D eigenvalue weighted by Crippen LogP contribution is -2.34. The maximum atomic E-state index is 12.4. The van der Waals surface area contributed by atoms with E-state index in [1.165, 1.54) is 6.20 Å². The van der Waals surface area contributed by atoms with E-state index in [4.69, 9.17) is 5.26 Å². The Balaban J connectivity index is 1.72. The quantitative estimate of drug-likeness (QED) is 0.877. The summed E-state index contributed by atoms with van der Waals surface area (Å²) in [5.41, 5.74) is 0.870. The summed E-state index contributed by atoms with van der Waals surface area (Å²) in [6.45, 7) is 2.49. The fraction of sp³-hybridized carbons (Fsp3) is 0.357. The lowest BCUT2D eigenvalue weighted by molar-refractivity contribution is 0.205. The van der Waals surface area contributed by atoms with Gasteiger partial charge in [0.15, 0.2) is 5.82 Å². The summed E-state index contributed by atoms with van der Waals surface area (Å²) in [4.78, 5) is 22.4. The molecular weight excluding hydrogens is 282 g/mol. The van der Waals surface area contributed by atoms with E-state index in [9.17, 15) is 4.79 Å². The van der Waals surface area contributed by atoms with Crippen molar-refractivity contribution in [3.63, 3.8) is 0 Å². The van der Waals surface area contributed by atoms with Gasteiger partial charge in [0, 0.05) is 6.54 Å². The highest BCUT2D eigenvalue weighted by atomic mass is 16.2. The third kappa shape index (κ3) is 2.74. The smallest absolute Gasteiger partial charge is 0.314 e. The van der Waals surface area contributed by atoms with Gasteiger partial charge in [0.25, 0.3) is 0 Å². The highest BCUT2D eigenvalue weighted by Gasteiger charge is 2.32. The molecule has 2 aromatic heterocycles. The zero-order valence-corrected chi connectivity index (χ0v) is 12.1. The number of H-pyrrole nitrogens is 1. The Morgan fingerprint density at radius 3 is 3.05 bits per heavy atom. The highest BCUT2D eigenvalue weighted by Crippen LogP contribution is 2.30. The van der Waals surface area contributed by atoms with Crippen LogP contribution in [0, 0.1) is 18.3 Å². The van der Waals surface area contributed by atoms with Crippen molar-refractivity contribution in [3.05, 3.63) is 35.7 Å². The Morgan fingerprint density at radius 1 is 1.55 bits per heavy atom. The molecule has 22 heavy (non-hydrogen) atoms. The molecule has 8 nitrogen and oxygen atoms in total. The van der Waals surface area contributed by atoms with E-state index in [0.717, 1.165) is 18.7 Å². The fourth-order valence-corrected chi connectivity index (χ4v) is 2.52. The molecule has 2 N–H and O–H groups in total. The van der Waals surface area contributed by atoms with E-state index in [1.807, 2.05) is 13.0 Å². The molecule has 1 aliphatic rings. The molecule has 1 atom stereocenters. The molecule has 0 aliphatic carbocycles. The number of rotatable bonds is 2. The average Bonchev–Trinajstić information content (AvgIpc) is 3.16. The first kappa shape index (κ1) is 14.0. The summed E-state index contributed by atoms with van der Waals surface area (Å²) in [5.74, 6) is 1.38. The molecule has 0 spiro atoms. The summed E-state index contributed by atoms with van der Waals surface area (Å²) in [5, 5.41) is 18.5. The predicted octanol–water partition coefficient (Wildman–Crippen LogP) is 1.75. The molecule has 0 unspecified atom stereocenters. The Labute approximate surface area is 127 Å². The Bertz CT molecular complexity index is 716. The Kier molecular flexibility index (Phi) is 3.70. The molecule has 2 amide bonds. The number of aromatic amines is 1. The number of nitriles is 1. The first-order valence-electron chi connectivity index (χ1n) is 7.00. The van der Waals surface area contributed by atoms with Crippen molar-refractivity contribution in [2.45, 2.75) is 25.8 Å². The molecule has 1 saturated heterocycles. The number of carbonyl (C=O) groups excluding carboxylic acids is 1. The van der Waals surface area contributed by atoms with Gasteiger partial charge in [-0.3, -0.25) is 5.10 Å². The number of urea groups is 1. The van der Waals surface area contributed by atoms with Crippen LogP contribution in [0.4, 0.5) is 10.5 Å². The number of anilines is 1. The second-order valence-electron chi connectivity index (χ2n) is 5.10. The summed E-state index contributed by atoms with van der Waals surface area (Å²) in [6, 6.07) is 4.84. The minimum Gasteiger partial charge on any atom is -0.314 e. The second-order valence-corrected chi connectivity index (χ2v) is 5.10. The van der Waals surface area contributed by atoms with Crippen LogP contribution in [0.25, 0.3) is 0 Å². The van der Waals surface area contributed by atoms with Crippen molar-refractivity contribution in [3.8, 4) is 6.07 Å². The maximum absolute atomic E-state index is 12.4. The summed E-state index contributed by atoms with van der Waals surface area (Å²) in [6.07, 6.45) is 3.23. The number of likely N-dealkylation sites (tertiary alicyclic amines) is 1. The third-order valence-electron chi connectivity index (χ3n) is 3.56. The summed E-state index contributed by atoms with van der Waals surface area (Å²) >= 11 is 0. The zero-order valence-electron chi connectivity index (χ0n) is 12.1. The van der Waals surface area contributed by atoms with Crippen LogP contribution in [0.2, 0.25) is 0 Å². The molecule has 2 aromatic rings. The molecule has 0 radical (unpaired) electrons. The number of hydrogen-bond acceptors (Lipinski definition) is 5. The van der Waals surface area contributed by atoms with E-state index in [2.05, 4.69) is 25.5 Å². The maximum Gasteiger partial charge on any atom is 0.322 e. The molecule has 3 heterocycles. The van der Waals surface area contributed by atoms with Crippen LogP contribution in [0.1, 0.15) is 36.2 Å². The lowest BCUT2D eigenvalue weighted by Gasteiger charge is -2.22. The topological polar surface area (TPSA) is 111 Å². The number of aryl methyl sites for hydroxylation is 1. The van der Waals surface area contributed by atoms with E-state index in [0.29, 0.717) is 23.8 Å². The summed E-state index contributed by atoms with van der Waals surface area (Å²) in [7, 11) is 0. The number of pyridine rings is 1. The van der Waals surface area contributed by atoms with Gasteiger partial charge in [0.2, 0.25) is 0 Å². The van der Waals surface area contributed by atoms with Crippen molar-refractivity contribution in [2.75, 3.05) is 11.9 Å². The van der Waals surface area contributed by atoms with Crippen LogP contribution in [0.5, 0.6) is 0 Å². The SMILES string of the molecule is Cc1nc([C@H]2CCCN2C(=O)Nc2ccc(C#N)nc2)n[nH]1. The van der Waals surface area contributed by atoms with Crippen LogP contribution >= 0.6 is 0 Å². The molecule has 112 valence electrons. The molecule has 1 aliphatic heterocycles. The van der Waals surface area contributed by atoms with Gasteiger partial charge in [-0.1, -0.05) is 0 Å². The lowest BCUT2D eigenvalue weighted by atomic mass is 10.2. The molecular formula is C14H15N7O. The Morgan fingerprint density at radius 2 is 2.41 bits per heavy atom. The van der Waals surface area contributed by atoms with Gasteiger partial charge >= 0.3 is 6.03 Å². The number of nitrogens with one attached hydrogen (secondary N) is 2. The van der Waals surface area contributed by atoms with Crippen LogP contribution in [0.15, 0.2) is 18.3 Å². The van der Waals surface area contributed by atoms with Crippen molar-refractivity contribution in [2.24, 2.45) is 0 Å². The standard InChI is InChI=1S/C14H15N7O/c1-9-17-13(20-19-9)12-3-2-6-21(12)14(22)18-11-5-4-10(7-15)16-8-11/h4-5,8,12H,2-3,6H2,1H3,(H,18,22)(H,17,19,20)/t12-/m1/s1. The second kappa shape index (κ2) is 5.81. The number of hydrogen-bond donors (Lipinski definition) is 2. The molecule has 0 bridgehead atoms. The minimum absolute atomic E-state index is 0.115.